The largest absolute Gasteiger partial charge is 0.361 e. The van der Waals surface area contributed by atoms with Crippen LogP contribution in [0.2, 0.25) is 0 Å². The van der Waals surface area contributed by atoms with E-state index in [1.807, 2.05) is 25.3 Å². The maximum atomic E-state index is 12.0. The number of aromatic amines is 1. The van der Waals surface area contributed by atoms with Crippen LogP contribution in [0.25, 0.3) is 10.9 Å². The quantitative estimate of drug-likeness (QED) is 0.756. The predicted octanol–water partition coefficient (Wildman–Crippen LogP) is 2.34. The van der Waals surface area contributed by atoms with E-state index in [4.69, 9.17) is 5.73 Å². The molecule has 1 atom stereocenters. The van der Waals surface area contributed by atoms with Crippen molar-refractivity contribution in [1.82, 2.24) is 10.3 Å². The molecule has 0 saturated heterocycles. The zero-order chi connectivity index (χ0) is 14.6. The number of amides is 1. The van der Waals surface area contributed by atoms with Crippen LogP contribution in [0.15, 0.2) is 30.5 Å². The van der Waals surface area contributed by atoms with Crippen LogP contribution < -0.4 is 11.1 Å². The highest BCUT2D eigenvalue weighted by Crippen LogP contribution is 2.17. The van der Waals surface area contributed by atoms with E-state index in [-0.39, 0.29) is 5.91 Å². The zero-order valence-corrected chi connectivity index (χ0v) is 12.2. The first-order valence-corrected chi connectivity index (χ1v) is 7.17. The van der Waals surface area contributed by atoms with Gasteiger partial charge in [-0.05, 0) is 31.4 Å². The minimum absolute atomic E-state index is 0.0702. The molecule has 2 aromatic rings. The van der Waals surface area contributed by atoms with E-state index < -0.39 is 5.54 Å². The SMILES string of the molecule is CCCC(C)(N)C(=O)NCCc1c[nH]c2ccccc12. The molecular weight excluding hydrogens is 250 g/mol. The molecule has 0 radical (unpaired) electrons. The van der Waals surface area contributed by atoms with Gasteiger partial charge in [0.25, 0.3) is 0 Å². The van der Waals surface area contributed by atoms with Gasteiger partial charge >= 0.3 is 0 Å². The van der Waals surface area contributed by atoms with E-state index in [9.17, 15) is 4.79 Å². The second-order valence-electron chi connectivity index (χ2n) is 5.53. The fourth-order valence-corrected chi connectivity index (χ4v) is 2.48. The van der Waals surface area contributed by atoms with E-state index in [1.165, 1.54) is 10.9 Å². The molecule has 0 aliphatic rings. The summed E-state index contributed by atoms with van der Waals surface area (Å²) in [4.78, 5) is 15.2. The summed E-state index contributed by atoms with van der Waals surface area (Å²) in [6.07, 6.45) is 4.41. The van der Waals surface area contributed by atoms with Crippen molar-refractivity contribution >= 4 is 16.8 Å². The Morgan fingerprint density at radius 3 is 2.90 bits per heavy atom. The highest BCUT2D eigenvalue weighted by Gasteiger charge is 2.26. The minimum atomic E-state index is -0.769. The molecule has 4 heteroatoms. The molecule has 0 aliphatic carbocycles. The maximum absolute atomic E-state index is 12.0. The predicted molar refractivity (Wildman–Crippen MR) is 82.5 cm³/mol. The second kappa shape index (κ2) is 6.09. The number of fused-ring (bicyclic) bond motifs is 1. The fraction of sp³-hybridized carbons (Fsp3) is 0.438. The molecule has 0 saturated carbocycles. The van der Waals surface area contributed by atoms with Crippen molar-refractivity contribution in [2.24, 2.45) is 5.73 Å². The number of nitrogens with two attached hydrogens (primary N) is 1. The molecule has 4 N–H and O–H groups in total. The molecule has 4 nitrogen and oxygen atoms in total. The number of hydrogen-bond donors (Lipinski definition) is 3. The Kier molecular flexibility index (Phi) is 4.45. The summed E-state index contributed by atoms with van der Waals surface area (Å²) in [6, 6.07) is 8.17. The van der Waals surface area contributed by atoms with E-state index in [2.05, 4.69) is 22.4 Å². The Balaban J connectivity index is 1.92. The molecule has 1 unspecified atom stereocenters. The molecule has 1 aromatic heterocycles. The van der Waals surface area contributed by atoms with Gasteiger partial charge in [0.1, 0.15) is 0 Å². The number of para-hydroxylation sites is 1. The molecule has 1 heterocycles. The molecule has 1 amide bonds. The molecule has 0 fully saturated rings. The van der Waals surface area contributed by atoms with Crippen molar-refractivity contribution in [3.05, 3.63) is 36.0 Å². The first-order valence-electron chi connectivity index (χ1n) is 7.17. The lowest BCUT2D eigenvalue weighted by Gasteiger charge is -2.22. The van der Waals surface area contributed by atoms with Crippen LogP contribution in [0.1, 0.15) is 32.3 Å². The summed E-state index contributed by atoms with van der Waals surface area (Å²) < 4.78 is 0. The van der Waals surface area contributed by atoms with Crippen LogP contribution in [0.5, 0.6) is 0 Å². The van der Waals surface area contributed by atoms with Crippen molar-refractivity contribution < 1.29 is 4.79 Å². The molecule has 108 valence electrons. The Hall–Kier alpha value is -1.81. The lowest BCUT2D eigenvalue weighted by molar-refractivity contribution is -0.126. The third-order valence-corrected chi connectivity index (χ3v) is 3.64. The first kappa shape index (κ1) is 14.6. The molecule has 2 rings (SSSR count). The lowest BCUT2D eigenvalue weighted by atomic mass is 9.96. The number of benzene rings is 1. The Bertz CT molecular complexity index is 586. The van der Waals surface area contributed by atoms with Gasteiger partial charge in [-0.2, -0.15) is 0 Å². The Morgan fingerprint density at radius 2 is 2.15 bits per heavy atom. The third kappa shape index (κ3) is 3.20. The lowest BCUT2D eigenvalue weighted by Crippen LogP contribution is -2.51. The molecular formula is C16H23N3O. The maximum Gasteiger partial charge on any atom is 0.239 e. The van der Waals surface area contributed by atoms with Crippen molar-refractivity contribution in [2.75, 3.05) is 6.54 Å². The van der Waals surface area contributed by atoms with E-state index >= 15 is 0 Å². The van der Waals surface area contributed by atoms with Gasteiger partial charge in [-0.3, -0.25) is 4.79 Å². The van der Waals surface area contributed by atoms with Gasteiger partial charge in [0.15, 0.2) is 0 Å². The van der Waals surface area contributed by atoms with Crippen molar-refractivity contribution in [1.29, 1.82) is 0 Å². The molecule has 0 bridgehead atoms. The van der Waals surface area contributed by atoms with Crippen molar-refractivity contribution in [2.45, 2.75) is 38.6 Å². The highest BCUT2D eigenvalue weighted by molar-refractivity contribution is 5.86. The van der Waals surface area contributed by atoms with Gasteiger partial charge in [-0.15, -0.1) is 0 Å². The van der Waals surface area contributed by atoms with Gasteiger partial charge in [0.2, 0.25) is 5.91 Å². The van der Waals surface area contributed by atoms with Crippen LogP contribution in [0.4, 0.5) is 0 Å². The number of aromatic nitrogens is 1. The van der Waals surface area contributed by atoms with Gasteiger partial charge in [0, 0.05) is 23.6 Å². The number of rotatable bonds is 6. The summed E-state index contributed by atoms with van der Waals surface area (Å²) in [5, 5.41) is 4.15. The number of nitrogens with one attached hydrogen (secondary N) is 2. The van der Waals surface area contributed by atoms with Crippen molar-refractivity contribution in [3.8, 4) is 0 Å². The van der Waals surface area contributed by atoms with Crippen LogP contribution in [-0.2, 0) is 11.2 Å². The van der Waals surface area contributed by atoms with Gasteiger partial charge in [-0.1, -0.05) is 31.5 Å². The minimum Gasteiger partial charge on any atom is -0.361 e. The summed E-state index contributed by atoms with van der Waals surface area (Å²) in [5.41, 5.74) is 7.58. The summed E-state index contributed by atoms with van der Waals surface area (Å²) >= 11 is 0. The van der Waals surface area contributed by atoms with Crippen LogP contribution >= 0.6 is 0 Å². The molecule has 20 heavy (non-hydrogen) atoms. The van der Waals surface area contributed by atoms with Gasteiger partial charge < -0.3 is 16.0 Å². The number of carbonyl (C=O) groups excluding carboxylic acids is 1. The summed E-state index contributed by atoms with van der Waals surface area (Å²) in [6.45, 7) is 4.43. The monoisotopic (exact) mass is 273 g/mol. The number of carbonyl (C=O) groups is 1. The Morgan fingerprint density at radius 1 is 1.40 bits per heavy atom. The number of H-pyrrole nitrogens is 1. The molecule has 0 aliphatic heterocycles. The molecule has 0 spiro atoms. The van der Waals surface area contributed by atoms with Crippen LogP contribution in [0.3, 0.4) is 0 Å². The third-order valence-electron chi connectivity index (χ3n) is 3.64. The number of hydrogen-bond acceptors (Lipinski definition) is 2. The van der Waals surface area contributed by atoms with E-state index in [0.717, 1.165) is 18.4 Å². The van der Waals surface area contributed by atoms with Crippen LogP contribution in [0, 0.1) is 0 Å². The Labute approximate surface area is 119 Å². The van der Waals surface area contributed by atoms with E-state index in [0.29, 0.717) is 13.0 Å². The van der Waals surface area contributed by atoms with E-state index in [1.54, 1.807) is 6.92 Å². The van der Waals surface area contributed by atoms with Gasteiger partial charge in [-0.25, -0.2) is 0 Å². The average molecular weight is 273 g/mol. The summed E-state index contributed by atoms with van der Waals surface area (Å²) in [7, 11) is 0. The second-order valence-corrected chi connectivity index (χ2v) is 5.53. The smallest absolute Gasteiger partial charge is 0.239 e. The topological polar surface area (TPSA) is 70.9 Å². The zero-order valence-electron chi connectivity index (χ0n) is 12.2. The standard InChI is InChI=1S/C16H23N3O/c1-3-9-16(2,17)15(20)18-10-8-12-11-19-14-7-5-4-6-13(12)14/h4-7,11,19H,3,8-10,17H2,1-2H3,(H,18,20). The first-order chi connectivity index (χ1) is 9.54. The normalized spacial score (nSPS) is 14.2. The highest BCUT2D eigenvalue weighted by atomic mass is 16.2. The van der Waals surface area contributed by atoms with Gasteiger partial charge in [0.05, 0.1) is 5.54 Å². The van der Waals surface area contributed by atoms with Crippen LogP contribution in [-0.4, -0.2) is 23.0 Å². The summed E-state index contributed by atoms with van der Waals surface area (Å²) in [5.74, 6) is -0.0702. The molecule has 1 aromatic carbocycles. The van der Waals surface area contributed by atoms with Crippen molar-refractivity contribution in [3.63, 3.8) is 0 Å². The fourth-order valence-electron chi connectivity index (χ4n) is 2.48. The average Bonchev–Trinajstić information content (AvgIpc) is 2.82.